The van der Waals surface area contributed by atoms with Gasteiger partial charge in [0.1, 0.15) is 5.75 Å². The number of ether oxygens (including phenoxy) is 2. The monoisotopic (exact) mass is 210 g/mol. The highest BCUT2D eigenvalue weighted by Crippen LogP contribution is 2.19. The average Bonchev–Trinajstić information content (AvgIpc) is 2.31. The number of aliphatic hydroxyl groups is 1. The highest BCUT2D eigenvalue weighted by molar-refractivity contribution is 5.33. The second kappa shape index (κ2) is 6.43. The first-order valence-corrected chi connectivity index (χ1v) is 5.07. The van der Waals surface area contributed by atoms with Gasteiger partial charge in [0.05, 0.1) is 19.8 Å². The molecule has 0 bridgehead atoms. The molecule has 0 amide bonds. The molecular weight excluding hydrogens is 192 g/mol. The van der Waals surface area contributed by atoms with E-state index < -0.39 is 0 Å². The number of methoxy groups -OCH3 is 2. The molecule has 0 fully saturated rings. The average molecular weight is 210 g/mol. The summed E-state index contributed by atoms with van der Waals surface area (Å²) in [6, 6.07) is 7.90. The molecule has 0 aliphatic carbocycles. The van der Waals surface area contributed by atoms with Gasteiger partial charge in [-0.1, -0.05) is 18.2 Å². The summed E-state index contributed by atoms with van der Waals surface area (Å²) in [6.07, 6.45) is 1.56. The van der Waals surface area contributed by atoms with Crippen LogP contribution < -0.4 is 4.74 Å². The van der Waals surface area contributed by atoms with Crippen LogP contribution in [0.2, 0.25) is 0 Å². The molecule has 84 valence electrons. The summed E-state index contributed by atoms with van der Waals surface area (Å²) in [4.78, 5) is 0. The van der Waals surface area contributed by atoms with Crippen LogP contribution in [0, 0.1) is 0 Å². The Balaban J connectivity index is 2.56. The highest BCUT2D eigenvalue weighted by Gasteiger charge is 2.08. The van der Waals surface area contributed by atoms with Crippen LogP contribution in [0.1, 0.15) is 12.0 Å². The third-order valence-corrected chi connectivity index (χ3v) is 2.47. The van der Waals surface area contributed by atoms with Crippen LogP contribution in [0.4, 0.5) is 0 Å². The molecule has 1 aromatic rings. The molecule has 0 heterocycles. The van der Waals surface area contributed by atoms with Crippen molar-refractivity contribution in [2.45, 2.75) is 18.9 Å². The molecule has 0 aromatic heterocycles. The van der Waals surface area contributed by atoms with Crippen LogP contribution in [0.3, 0.4) is 0 Å². The van der Waals surface area contributed by atoms with E-state index >= 15 is 0 Å². The molecule has 1 atom stereocenters. The highest BCUT2D eigenvalue weighted by atomic mass is 16.5. The molecule has 0 saturated heterocycles. The molecular formula is C12H18O3. The maximum absolute atomic E-state index is 8.97. The van der Waals surface area contributed by atoms with Gasteiger partial charge >= 0.3 is 0 Å². The fourth-order valence-electron chi connectivity index (χ4n) is 1.51. The van der Waals surface area contributed by atoms with E-state index in [4.69, 9.17) is 14.6 Å². The zero-order valence-corrected chi connectivity index (χ0v) is 9.27. The van der Waals surface area contributed by atoms with Crippen LogP contribution >= 0.6 is 0 Å². The lowest BCUT2D eigenvalue weighted by molar-refractivity contribution is 0.0434. The van der Waals surface area contributed by atoms with Gasteiger partial charge in [0.15, 0.2) is 0 Å². The summed E-state index contributed by atoms with van der Waals surface area (Å²) in [6.45, 7) is 0.0612. The zero-order chi connectivity index (χ0) is 11.1. The fourth-order valence-corrected chi connectivity index (χ4v) is 1.51. The Hall–Kier alpha value is -1.06. The Morgan fingerprint density at radius 3 is 2.60 bits per heavy atom. The number of aryl methyl sites for hydroxylation is 1. The SMILES string of the molecule is COc1ccccc1CCC(CO)OC. The quantitative estimate of drug-likeness (QED) is 0.775. The van der Waals surface area contributed by atoms with Crippen LogP contribution in [-0.2, 0) is 11.2 Å². The predicted molar refractivity (Wildman–Crippen MR) is 59.2 cm³/mol. The van der Waals surface area contributed by atoms with E-state index in [1.165, 1.54) is 0 Å². The summed E-state index contributed by atoms with van der Waals surface area (Å²) >= 11 is 0. The van der Waals surface area contributed by atoms with Crippen molar-refractivity contribution >= 4 is 0 Å². The molecule has 3 nitrogen and oxygen atoms in total. The first-order chi connectivity index (χ1) is 7.31. The molecule has 0 saturated carbocycles. The van der Waals surface area contributed by atoms with Crippen LogP contribution in [0.25, 0.3) is 0 Å². The van der Waals surface area contributed by atoms with E-state index in [1.807, 2.05) is 24.3 Å². The third kappa shape index (κ3) is 3.53. The lowest BCUT2D eigenvalue weighted by atomic mass is 10.1. The molecule has 0 aliphatic heterocycles. The lowest BCUT2D eigenvalue weighted by Crippen LogP contribution is -2.16. The van der Waals surface area contributed by atoms with Crippen molar-refractivity contribution in [3.8, 4) is 5.75 Å². The molecule has 0 spiro atoms. The van der Waals surface area contributed by atoms with Gasteiger partial charge in [-0.05, 0) is 24.5 Å². The Bertz CT molecular complexity index is 282. The molecule has 3 heteroatoms. The maximum atomic E-state index is 8.97. The minimum atomic E-state index is -0.0880. The molecule has 1 unspecified atom stereocenters. The van der Waals surface area contributed by atoms with E-state index in [0.717, 1.165) is 24.2 Å². The minimum Gasteiger partial charge on any atom is -0.496 e. The molecule has 0 aliphatic rings. The zero-order valence-electron chi connectivity index (χ0n) is 9.27. The molecule has 1 N–H and O–H groups in total. The third-order valence-electron chi connectivity index (χ3n) is 2.47. The van der Waals surface area contributed by atoms with Crippen molar-refractivity contribution in [1.29, 1.82) is 0 Å². The van der Waals surface area contributed by atoms with Gasteiger partial charge in [-0.25, -0.2) is 0 Å². The van der Waals surface area contributed by atoms with E-state index in [2.05, 4.69) is 0 Å². The van der Waals surface area contributed by atoms with Crippen LogP contribution in [0.5, 0.6) is 5.75 Å². The lowest BCUT2D eigenvalue weighted by Gasteiger charge is -2.13. The van der Waals surface area contributed by atoms with Gasteiger partial charge < -0.3 is 14.6 Å². The second-order valence-corrected chi connectivity index (χ2v) is 3.39. The Morgan fingerprint density at radius 2 is 2.00 bits per heavy atom. The molecule has 1 aromatic carbocycles. The van der Waals surface area contributed by atoms with Gasteiger partial charge in [0.25, 0.3) is 0 Å². The normalized spacial score (nSPS) is 12.5. The van der Waals surface area contributed by atoms with Crippen molar-refractivity contribution in [2.24, 2.45) is 0 Å². The minimum absolute atomic E-state index is 0.0612. The predicted octanol–water partition coefficient (Wildman–Crippen LogP) is 1.64. The van der Waals surface area contributed by atoms with Crippen molar-refractivity contribution in [3.63, 3.8) is 0 Å². The molecule has 1 rings (SSSR count). The van der Waals surface area contributed by atoms with Crippen molar-refractivity contribution in [2.75, 3.05) is 20.8 Å². The van der Waals surface area contributed by atoms with E-state index in [0.29, 0.717) is 0 Å². The van der Waals surface area contributed by atoms with Crippen molar-refractivity contribution < 1.29 is 14.6 Å². The van der Waals surface area contributed by atoms with Crippen LogP contribution in [-0.4, -0.2) is 32.0 Å². The molecule has 15 heavy (non-hydrogen) atoms. The van der Waals surface area contributed by atoms with Crippen molar-refractivity contribution in [1.82, 2.24) is 0 Å². The number of hydrogen-bond donors (Lipinski definition) is 1. The smallest absolute Gasteiger partial charge is 0.122 e. The number of aliphatic hydroxyl groups excluding tert-OH is 1. The number of benzene rings is 1. The molecule has 0 radical (unpaired) electrons. The first kappa shape index (κ1) is 12.0. The summed E-state index contributed by atoms with van der Waals surface area (Å²) in [5, 5.41) is 8.97. The number of hydrogen-bond acceptors (Lipinski definition) is 3. The van der Waals surface area contributed by atoms with Gasteiger partial charge in [0, 0.05) is 7.11 Å². The standard InChI is InChI=1S/C12H18O3/c1-14-11(9-13)8-7-10-5-3-4-6-12(10)15-2/h3-6,11,13H,7-9H2,1-2H3. The van der Waals surface area contributed by atoms with Gasteiger partial charge in [-0.2, -0.15) is 0 Å². The summed E-state index contributed by atoms with van der Waals surface area (Å²) in [5.74, 6) is 0.894. The Morgan fingerprint density at radius 1 is 1.27 bits per heavy atom. The van der Waals surface area contributed by atoms with E-state index in [-0.39, 0.29) is 12.7 Å². The second-order valence-electron chi connectivity index (χ2n) is 3.39. The van der Waals surface area contributed by atoms with E-state index in [9.17, 15) is 0 Å². The fraction of sp³-hybridized carbons (Fsp3) is 0.500. The Labute approximate surface area is 90.6 Å². The van der Waals surface area contributed by atoms with E-state index in [1.54, 1.807) is 14.2 Å². The largest absolute Gasteiger partial charge is 0.496 e. The maximum Gasteiger partial charge on any atom is 0.122 e. The van der Waals surface area contributed by atoms with Crippen LogP contribution in [0.15, 0.2) is 24.3 Å². The summed E-state index contributed by atoms with van der Waals surface area (Å²) in [7, 11) is 3.28. The first-order valence-electron chi connectivity index (χ1n) is 5.07. The number of rotatable bonds is 6. The number of para-hydroxylation sites is 1. The Kier molecular flexibility index (Phi) is 5.15. The van der Waals surface area contributed by atoms with Crippen molar-refractivity contribution in [3.05, 3.63) is 29.8 Å². The summed E-state index contributed by atoms with van der Waals surface area (Å²) < 4.78 is 10.3. The van der Waals surface area contributed by atoms with Gasteiger partial charge in [-0.3, -0.25) is 0 Å². The summed E-state index contributed by atoms with van der Waals surface area (Å²) in [5.41, 5.74) is 1.15. The van der Waals surface area contributed by atoms with Gasteiger partial charge in [0.2, 0.25) is 0 Å². The van der Waals surface area contributed by atoms with Gasteiger partial charge in [-0.15, -0.1) is 0 Å². The topological polar surface area (TPSA) is 38.7 Å².